The summed E-state index contributed by atoms with van der Waals surface area (Å²) in [6, 6.07) is 5.40. The Morgan fingerprint density at radius 1 is 1.31 bits per heavy atom. The Labute approximate surface area is 150 Å². The molecule has 1 fully saturated rings. The lowest BCUT2D eigenvalue weighted by atomic mass is 9.91. The van der Waals surface area contributed by atoms with E-state index in [-0.39, 0.29) is 19.0 Å². The van der Waals surface area contributed by atoms with Crippen molar-refractivity contribution in [3.05, 3.63) is 53.9 Å². The van der Waals surface area contributed by atoms with Crippen molar-refractivity contribution in [3.63, 3.8) is 0 Å². The van der Waals surface area contributed by atoms with Crippen LogP contribution in [0.15, 0.2) is 36.7 Å². The van der Waals surface area contributed by atoms with Crippen molar-refractivity contribution in [3.8, 4) is 0 Å². The summed E-state index contributed by atoms with van der Waals surface area (Å²) in [5.41, 5.74) is -0.992. The van der Waals surface area contributed by atoms with E-state index in [1.165, 1.54) is 11.0 Å². The van der Waals surface area contributed by atoms with E-state index in [2.05, 4.69) is 10.4 Å². The summed E-state index contributed by atoms with van der Waals surface area (Å²) in [4.78, 5) is 14.2. The van der Waals surface area contributed by atoms with Crippen LogP contribution in [0.3, 0.4) is 0 Å². The minimum absolute atomic E-state index is 0.140. The third kappa shape index (κ3) is 4.25. The summed E-state index contributed by atoms with van der Waals surface area (Å²) in [7, 11) is 0. The second kappa shape index (κ2) is 7.92. The zero-order valence-electron chi connectivity index (χ0n) is 14.4. The van der Waals surface area contributed by atoms with Gasteiger partial charge in [0, 0.05) is 38.6 Å². The van der Waals surface area contributed by atoms with Gasteiger partial charge in [0.05, 0.1) is 6.54 Å². The number of hydrogen-bond acceptors (Lipinski definition) is 4. The van der Waals surface area contributed by atoms with Gasteiger partial charge in [0.15, 0.2) is 17.2 Å². The number of likely N-dealkylation sites (tertiary alicyclic amines) is 1. The number of amides is 1. The molecule has 1 aliphatic rings. The van der Waals surface area contributed by atoms with Crippen molar-refractivity contribution in [2.45, 2.75) is 31.5 Å². The molecule has 0 aliphatic carbocycles. The normalized spacial score (nSPS) is 20.6. The van der Waals surface area contributed by atoms with Crippen molar-refractivity contribution in [2.75, 3.05) is 19.6 Å². The zero-order chi connectivity index (χ0) is 18.6. The maximum Gasteiger partial charge on any atom is 0.256 e. The van der Waals surface area contributed by atoms with Gasteiger partial charge in [0.1, 0.15) is 0 Å². The van der Waals surface area contributed by atoms with E-state index in [4.69, 9.17) is 0 Å². The quantitative estimate of drug-likeness (QED) is 0.727. The van der Waals surface area contributed by atoms with Crippen LogP contribution in [0, 0.1) is 11.6 Å². The number of rotatable bonds is 7. The molecule has 2 heterocycles. The van der Waals surface area contributed by atoms with Crippen LogP contribution < -0.4 is 5.32 Å². The first-order valence-electron chi connectivity index (χ1n) is 8.62. The van der Waals surface area contributed by atoms with Crippen molar-refractivity contribution in [2.24, 2.45) is 0 Å². The average molecular weight is 364 g/mol. The number of benzene rings is 1. The molecule has 8 heteroatoms. The lowest BCUT2D eigenvalue weighted by Gasteiger charge is -2.38. The van der Waals surface area contributed by atoms with Gasteiger partial charge in [-0.25, -0.2) is 8.78 Å². The Kier molecular flexibility index (Phi) is 5.63. The lowest BCUT2D eigenvalue weighted by molar-refractivity contribution is -0.157. The summed E-state index contributed by atoms with van der Waals surface area (Å²) in [6.07, 6.45) is 4.54. The predicted octanol–water partition coefficient (Wildman–Crippen LogP) is 1.30. The van der Waals surface area contributed by atoms with Gasteiger partial charge in [-0.2, -0.15) is 5.10 Å². The molecular formula is C18H22F2N4O2. The highest BCUT2D eigenvalue weighted by Gasteiger charge is 2.41. The fourth-order valence-electron chi connectivity index (χ4n) is 3.16. The van der Waals surface area contributed by atoms with Gasteiger partial charge in [-0.3, -0.25) is 9.48 Å². The van der Waals surface area contributed by atoms with E-state index in [1.54, 1.807) is 10.9 Å². The molecule has 0 bridgehead atoms. The van der Waals surface area contributed by atoms with E-state index in [0.717, 1.165) is 12.1 Å². The van der Waals surface area contributed by atoms with Crippen LogP contribution in [0.25, 0.3) is 0 Å². The smallest absolute Gasteiger partial charge is 0.256 e. The lowest BCUT2D eigenvalue weighted by Crippen LogP contribution is -2.57. The van der Waals surface area contributed by atoms with Crippen molar-refractivity contribution < 1.29 is 18.7 Å². The number of nitrogens with one attached hydrogen (secondary N) is 1. The molecular weight excluding hydrogens is 342 g/mol. The molecule has 2 N–H and O–H groups in total. The highest BCUT2D eigenvalue weighted by Crippen LogP contribution is 2.24. The Morgan fingerprint density at radius 2 is 2.15 bits per heavy atom. The van der Waals surface area contributed by atoms with Crippen LogP contribution in [0.1, 0.15) is 18.4 Å². The van der Waals surface area contributed by atoms with Crippen LogP contribution in [-0.2, 0) is 17.9 Å². The molecule has 0 unspecified atom stereocenters. The van der Waals surface area contributed by atoms with Gasteiger partial charge in [-0.1, -0.05) is 6.07 Å². The van der Waals surface area contributed by atoms with Gasteiger partial charge < -0.3 is 15.3 Å². The Morgan fingerprint density at radius 3 is 2.88 bits per heavy atom. The topological polar surface area (TPSA) is 70.4 Å². The summed E-state index contributed by atoms with van der Waals surface area (Å²) in [5, 5.41) is 17.9. The van der Waals surface area contributed by atoms with Crippen LogP contribution >= 0.6 is 0 Å². The second-order valence-corrected chi connectivity index (χ2v) is 6.56. The molecule has 3 rings (SSSR count). The molecule has 26 heavy (non-hydrogen) atoms. The predicted molar refractivity (Wildman–Crippen MR) is 91.1 cm³/mol. The molecule has 1 aromatic carbocycles. The first kappa shape index (κ1) is 18.5. The van der Waals surface area contributed by atoms with E-state index >= 15 is 0 Å². The summed E-state index contributed by atoms with van der Waals surface area (Å²) in [6.45, 7) is 1.97. The Balaban J connectivity index is 1.56. The van der Waals surface area contributed by atoms with E-state index in [0.29, 0.717) is 38.0 Å². The van der Waals surface area contributed by atoms with Crippen molar-refractivity contribution in [1.29, 1.82) is 0 Å². The second-order valence-electron chi connectivity index (χ2n) is 6.56. The Hall–Kier alpha value is -2.32. The first-order valence-corrected chi connectivity index (χ1v) is 8.62. The van der Waals surface area contributed by atoms with Crippen LogP contribution in [0.4, 0.5) is 8.78 Å². The average Bonchev–Trinajstić information content (AvgIpc) is 3.13. The van der Waals surface area contributed by atoms with E-state index < -0.39 is 17.2 Å². The molecule has 140 valence electrons. The maximum absolute atomic E-state index is 13.4. The van der Waals surface area contributed by atoms with Crippen molar-refractivity contribution in [1.82, 2.24) is 20.0 Å². The minimum Gasteiger partial charge on any atom is -0.379 e. The molecule has 1 saturated heterocycles. The van der Waals surface area contributed by atoms with Gasteiger partial charge >= 0.3 is 0 Å². The van der Waals surface area contributed by atoms with Crippen molar-refractivity contribution >= 4 is 5.91 Å². The number of aromatic nitrogens is 2. The Bertz CT molecular complexity index is 754. The van der Waals surface area contributed by atoms with Crippen LogP contribution in [0.2, 0.25) is 0 Å². The largest absolute Gasteiger partial charge is 0.379 e. The monoisotopic (exact) mass is 364 g/mol. The number of carbonyl (C=O) groups is 1. The molecule has 1 aromatic heterocycles. The highest BCUT2D eigenvalue weighted by atomic mass is 19.2. The standard InChI is InChI=1S/C18H22F2N4O2/c19-15-4-3-14(11-16(15)20)12-23-8-1-5-18(26,17(23)25)13-21-7-10-24-9-2-6-22-24/h2-4,6,9,11,21,26H,1,5,7-8,10,12-13H2/t18-/m1/s1. The number of aliphatic hydroxyl groups is 1. The van der Waals surface area contributed by atoms with Crippen LogP contribution in [-0.4, -0.2) is 50.9 Å². The highest BCUT2D eigenvalue weighted by molar-refractivity contribution is 5.86. The fourth-order valence-corrected chi connectivity index (χ4v) is 3.16. The third-order valence-electron chi connectivity index (χ3n) is 4.56. The third-order valence-corrected chi connectivity index (χ3v) is 4.56. The maximum atomic E-state index is 13.4. The molecule has 2 aromatic rings. The van der Waals surface area contributed by atoms with E-state index in [1.807, 2.05) is 12.3 Å². The fraction of sp³-hybridized carbons (Fsp3) is 0.444. The minimum atomic E-state index is -1.49. The molecule has 0 spiro atoms. The molecule has 0 radical (unpaired) electrons. The van der Waals surface area contributed by atoms with E-state index in [9.17, 15) is 18.7 Å². The molecule has 6 nitrogen and oxygen atoms in total. The molecule has 1 atom stereocenters. The van der Waals surface area contributed by atoms with Crippen LogP contribution in [0.5, 0.6) is 0 Å². The molecule has 1 aliphatic heterocycles. The van der Waals surface area contributed by atoms with Gasteiger partial charge in [-0.05, 0) is 36.6 Å². The number of piperidine rings is 1. The van der Waals surface area contributed by atoms with Gasteiger partial charge in [-0.15, -0.1) is 0 Å². The summed E-state index contributed by atoms with van der Waals surface area (Å²) < 4.78 is 28.2. The zero-order valence-corrected chi connectivity index (χ0v) is 14.4. The number of halogens is 2. The number of hydrogen-bond donors (Lipinski definition) is 2. The molecule has 1 amide bonds. The number of carbonyl (C=O) groups excluding carboxylic acids is 1. The summed E-state index contributed by atoms with van der Waals surface area (Å²) >= 11 is 0. The molecule has 0 saturated carbocycles. The summed E-state index contributed by atoms with van der Waals surface area (Å²) in [5.74, 6) is -2.25. The first-order chi connectivity index (χ1) is 12.5. The van der Waals surface area contributed by atoms with Gasteiger partial charge in [0.2, 0.25) is 0 Å². The SMILES string of the molecule is O=C1N(Cc2ccc(F)c(F)c2)CCC[C@@]1(O)CNCCn1cccn1. The van der Waals surface area contributed by atoms with Gasteiger partial charge in [0.25, 0.3) is 5.91 Å². The number of nitrogens with zero attached hydrogens (tertiary/aromatic N) is 3.